The van der Waals surface area contributed by atoms with Gasteiger partial charge in [0.1, 0.15) is 0 Å². The second kappa shape index (κ2) is 4.61. The highest BCUT2D eigenvalue weighted by Gasteiger charge is 2.24. The van der Waals surface area contributed by atoms with Crippen molar-refractivity contribution in [1.82, 2.24) is 10.2 Å². The Labute approximate surface area is 90.0 Å². The number of hydrogen-bond donors (Lipinski definition) is 2. The molecule has 0 atom stereocenters. The van der Waals surface area contributed by atoms with Gasteiger partial charge < -0.3 is 16.0 Å². The molecule has 0 aromatic carbocycles. The van der Waals surface area contributed by atoms with E-state index in [1.807, 2.05) is 13.8 Å². The Kier molecular flexibility index (Phi) is 3.68. The molecule has 0 saturated carbocycles. The van der Waals surface area contributed by atoms with Crippen molar-refractivity contribution in [3.8, 4) is 0 Å². The topological polar surface area (TPSA) is 75.4 Å². The molecule has 0 radical (unpaired) electrons. The van der Waals surface area contributed by atoms with E-state index in [0.717, 1.165) is 6.42 Å². The molecule has 1 fully saturated rings. The number of nitrogens with zero attached hydrogens (tertiary/aromatic N) is 1. The summed E-state index contributed by atoms with van der Waals surface area (Å²) in [5.41, 5.74) is 5.25. The maximum Gasteiger partial charge on any atom is 0.239 e. The molecule has 0 unspecified atom stereocenters. The van der Waals surface area contributed by atoms with Gasteiger partial charge in [0.2, 0.25) is 11.8 Å². The SMILES string of the molecule is CC(C)(N)CC(=O)N1CCCNC(=O)C1. The molecule has 0 spiro atoms. The largest absolute Gasteiger partial charge is 0.354 e. The van der Waals surface area contributed by atoms with Crippen LogP contribution in [-0.4, -0.2) is 41.9 Å². The van der Waals surface area contributed by atoms with E-state index in [4.69, 9.17) is 5.73 Å². The second-order valence-corrected chi connectivity index (χ2v) is 4.68. The third-order valence-electron chi connectivity index (χ3n) is 2.22. The zero-order chi connectivity index (χ0) is 11.5. The Bertz CT molecular complexity index is 258. The van der Waals surface area contributed by atoms with Gasteiger partial charge in [-0.05, 0) is 20.3 Å². The molecule has 0 aliphatic carbocycles. The van der Waals surface area contributed by atoms with E-state index in [0.29, 0.717) is 13.1 Å². The van der Waals surface area contributed by atoms with Gasteiger partial charge in [0.25, 0.3) is 0 Å². The summed E-state index contributed by atoms with van der Waals surface area (Å²) in [6.07, 6.45) is 1.09. The fraction of sp³-hybridized carbons (Fsp3) is 0.800. The molecule has 1 rings (SSSR count). The third kappa shape index (κ3) is 4.29. The monoisotopic (exact) mass is 213 g/mol. The molecular formula is C10H19N3O2. The highest BCUT2D eigenvalue weighted by atomic mass is 16.2. The fourth-order valence-corrected chi connectivity index (χ4v) is 1.52. The van der Waals surface area contributed by atoms with Crippen LogP contribution in [0.25, 0.3) is 0 Å². The van der Waals surface area contributed by atoms with Gasteiger partial charge in [0, 0.05) is 25.0 Å². The lowest BCUT2D eigenvalue weighted by Crippen LogP contribution is -2.43. The summed E-state index contributed by atoms with van der Waals surface area (Å²) >= 11 is 0. The smallest absolute Gasteiger partial charge is 0.239 e. The van der Waals surface area contributed by atoms with Crippen LogP contribution in [0.3, 0.4) is 0 Å². The molecule has 0 bridgehead atoms. The molecule has 3 N–H and O–H groups in total. The maximum absolute atomic E-state index is 11.8. The average Bonchev–Trinajstić information content (AvgIpc) is 2.26. The number of carbonyl (C=O) groups excluding carboxylic acids is 2. The van der Waals surface area contributed by atoms with E-state index in [-0.39, 0.29) is 24.8 Å². The lowest BCUT2D eigenvalue weighted by atomic mass is 10.0. The first-order valence-electron chi connectivity index (χ1n) is 5.22. The van der Waals surface area contributed by atoms with Crippen molar-refractivity contribution in [3.63, 3.8) is 0 Å². The zero-order valence-corrected chi connectivity index (χ0v) is 9.38. The molecule has 1 heterocycles. The van der Waals surface area contributed by atoms with Crippen molar-refractivity contribution in [2.24, 2.45) is 5.73 Å². The summed E-state index contributed by atoms with van der Waals surface area (Å²) in [6.45, 7) is 5.06. The Morgan fingerprint density at radius 3 is 2.87 bits per heavy atom. The van der Waals surface area contributed by atoms with Gasteiger partial charge in [-0.15, -0.1) is 0 Å². The average molecular weight is 213 g/mol. The fourth-order valence-electron chi connectivity index (χ4n) is 1.52. The first-order chi connectivity index (χ1) is 6.88. The summed E-state index contributed by atoms with van der Waals surface area (Å²) in [5.74, 6) is -0.129. The third-order valence-corrected chi connectivity index (χ3v) is 2.22. The Morgan fingerprint density at radius 2 is 2.27 bits per heavy atom. The number of rotatable bonds is 2. The Hall–Kier alpha value is -1.10. The first kappa shape index (κ1) is 12.0. The van der Waals surface area contributed by atoms with Crippen LogP contribution in [0.2, 0.25) is 0 Å². The van der Waals surface area contributed by atoms with Crippen LogP contribution in [-0.2, 0) is 9.59 Å². The minimum Gasteiger partial charge on any atom is -0.354 e. The minimum absolute atomic E-state index is 0.0421. The van der Waals surface area contributed by atoms with Gasteiger partial charge in [-0.1, -0.05) is 0 Å². The number of hydrogen-bond acceptors (Lipinski definition) is 3. The van der Waals surface area contributed by atoms with Crippen molar-refractivity contribution in [1.29, 1.82) is 0 Å². The molecular weight excluding hydrogens is 194 g/mol. The molecule has 1 saturated heterocycles. The molecule has 5 heteroatoms. The van der Waals surface area contributed by atoms with E-state index in [9.17, 15) is 9.59 Å². The van der Waals surface area contributed by atoms with Gasteiger partial charge in [0.05, 0.1) is 6.54 Å². The van der Waals surface area contributed by atoms with Crippen LogP contribution in [0.5, 0.6) is 0 Å². The van der Waals surface area contributed by atoms with Gasteiger partial charge >= 0.3 is 0 Å². The maximum atomic E-state index is 11.8. The molecule has 1 aliphatic rings. The summed E-state index contributed by atoms with van der Waals surface area (Å²) in [4.78, 5) is 24.6. The van der Waals surface area contributed by atoms with E-state index in [1.165, 1.54) is 0 Å². The molecule has 86 valence electrons. The molecule has 0 aromatic rings. The van der Waals surface area contributed by atoms with Gasteiger partial charge in [-0.2, -0.15) is 0 Å². The number of amides is 2. The Morgan fingerprint density at radius 1 is 1.60 bits per heavy atom. The number of nitrogens with one attached hydrogen (secondary N) is 1. The van der Waals surface area contributed by atoms with Gasteiger partial charge in [-0.25, -0.2) is 0 Å². The molecule has 2 amide bonds. The van der Waals surface area contributed by atoms with Crippen LogP contribution >= 0.6 is 0 Å². The van der Waals surface area contributed by atoms with Crippen LogP contribution in [0.1, 0.15) is 26.7 Å². The van der Waals surface area contributed by atoms with E-state index in [1.54, 1.807) is 4.90 Å². The van der Waals surface area contributed by atoms with Crippen LogP contribution < -0.4 is 11.1 Å². The van der Waals surface area contributed by atoms with Crippen LogP contribution in [0.15, 0.2) is 0 Å². The van der Waals surface area contributed by atoms with Crippen LogP contribution in [0.4, 0.5) is 0 Å². The normalized spacial score (nSPS) is 18.3. The minimum atomic E-state index is -0.514. The van der Waals surface area contributed by atoms with Crippen molar-refractivity contribution in [2.45, 2.75) is 32.2 Å². The van der Waals surface area contributed by atoms with Crippen molar-refractivity contribution in [3.05, 3.63) is 0 Å². The van der Waals surface area contributed by atoms with Crippen molar-refractivity contribution in [2.75, 3.05) is 19.6 Å². The Balaban J connectivity index is 2.54. The number of nitrogens with two attached hydrogens (primary N) is 1. The highest BCUT2D eigenvalue weighted by Crippen LogP contribution is 2.08. The van der Waals surface area contributed by atoms with Crippen LogP contribution in [0, 0.1) is 0 Å². The lowest BCUT2D eigenvalue weighted by Gasteiger charge is -2.24. The summed E-state index contributed by atoms with van der Waals surface area (Å²) < 4.78 is 0. The standard InChI is InChI=1S/C10H19N3O2/c1-10(2,11)6-9(15)13-5-3-4-12-8(14)7-13/h3-7,11H2,1-2H3,(H,12,14). The zero-order valence-electron chi connectivity index (χ0n) is 9.38. The first-order valence-corrected chi connectivity index (χ1v) is 5.22. The molecule has 1 aliphatic heterocycles. The summed E-state index contributed by atoms with van der Waals surface area (Å²) in [5, 5.41) is 2.73. The predicted molar refractivity (Wildman–Crippen MR) is 57.1 cm³/mol. The van der Waals surface area contributed by atoms with E-state index in [2.05, 4.69) is 5.32 Å². The molecule has 0 aromatic heterocycles. The highest BCUT2D eigenvalue weighted by molar-refractivity contribution is 5.85. The summed E-state index contributed by atoms with van der Waals surface area (Å²) in [6, 6.07) is 0. The molecule has 5 nitrogen and oxygen atoms in total. The van der Waals surface area contributed by atoms with Crippen molar-refractivity contribution >= 4 is 11.8 Å². The van der Waals surface area contributed by atoms with E-state index >= 15 is 0 Å². The number of carbonyl (C=O) groups is 2. The molecule has 15 heavy (non-hydrogen) atoms. The van der Waals surface area contributed by atoms with Crippen molar-refractivity contribution < 1.29 is 9.59 Å². The lowest BCUT2D eigenvalue weighted by molar-refractivity contribution is -0.136. The predicted octanol–water partition coefficient (Wildman–Crippen LogP) is -0.538. The quantitative estimate of drug-likeness (QED) is 0.647. The second-order valence-electron chi connectivity index (χ2n) is 4.68. The van der Waals surface area contributed by atoms with Gasteiger partial charge in [0.15, 0.2) is 0 Å². The van der Waals surface area contributed by atoms with Gasteiger partial charge in [-0.3, -0.25) is 9.59 Å². The van der Waals surface area contributed by atoms with E-state index < -0.39 is 5.54 Å². The summed E-state index contributed by atoms with van der Waals surface area (Å²) in [7, 11) is 0.